The normalized spacial score (nSPS) is 13.5. The summed E-state index contributed by atoms with van der Waals surface area (Å²) in [6.07, 6.45) is 0. The maximum absolute atomic E-state index is 10.5. The van der Waals surface area contributed by atoms with Crippen LogP contribution in [0.2, 0.25) is 5.02 Å². The van der Waals surface area contributed by atoms with E-state index < -0.39 is 10.5 Å². The molecule has 1 unspecified atom stereocenters. The number of halogens is 1. The van der Waals surface area contributed by atoms with Crippen molar-refractivity contribution in [1.29, 1.82) is 5.26 Å². The first kappa shape index (κ1) is 13.2. The summed E-state index contributed by atoms with van der Waals surface area (Å²) >= 11 is 5.79. The van der Waals surface area contributed by atoms with E-state index in [0.717, 1.165) is 0 Å². The van der Waals surface area contributed by atoms with Crippen molar-refractivity contribution in [3.05, 3.63) is 33.3 Å². The first-order valence-corrected chi connectivity index (χ1v) is 5.00. The van der Waals surface area contributed by atoms with Crippen LogP contribution >= 0.6 is 11.6 Å². The van der Waals surface area contributed by atoms with Gasteiger partial charge in [0.25, 0.3) is 5.69 Å². The van der Waals surface area contributed by atoms with Crippen molar-refractivity contribution < 1.29 is 9.66 Å². The standard InChI is InChI=1S/C10H10ClN3O3/c1-10(13,5-12)6-17-9-3-2-7(14(15)16)4-8(9)11/h2-4H,6,13H2,1H3. The third kappa shape index (κ3) is 3.59. The Morgan fingerprint density at radius 2 is 2.35 bits per heavy atom. The Kier molecular flexibility index (Phi) is 3.89. The molecule has 1 atom stereocenters. The van der Waals surface area contributed by atoms with Crippen LogP contribution in [-0.4, -0.2) is 17.1 Å². The molecule has 17 heavy (non-hydrogen) atoms. The quantitative estimate of drug-likeness (QED) is 0.653. The lowest BCUT2D eigenvalue weighted by Gasteiger charge is -2.16. The van der Waals surface area contributed by atoms with Crippen molar-refractivity contribution >= 4 is 17.3 Å². The van der Waals surface area contributed by atoms with Gasteiger partial charge in [0.2, 0.25) is 0 Å². The largest absolute Gasteiger partial charge is 0.489 e. The van der Waals surface area contributed by atoms with Gasteiger partial charge >= 0.3 is 0 Å². The van der Waals surface area contributed by atoms with Gasteiger partial charge in [-0.1, -0.05) is 11.6 Å². The Morgan fingerprint density at radius 1 is 1.71 bits per heavy atom. The number of hydrogen-bond donors (Lipinski definition) is 1. The molecule has 0 radical (unpaired) electrons. The van der Waals surface area contributed by atoms with E-state index in [4.69, 9.17) is 27.3 Å². The molecule has 1 rings (SSSR count). The van der Waals surface area contributed by atoms with Crippen LogP contribution in [0.15, 0.2) is 18.2 Å². The molecule has 0 aromatic heterocycles. The maximum atomic E-state index is 10.5. The molecule has 0 amide bonds. The zero-order valence-corrected chi connectivity index (χ0v) is 9.77. The van der Waals surface area contributed by atoms with Crippen LogP contribution in [0.5, 0.6) is 5.75 Å². The van der Waals surface area contributed by atoms with Gasteiger partial charge in [0, 0.05) is 12.1 Å². The fourth-order valence-electron chi connectivity index (χ4n) is 0.980. The smallest absolute Gasteiger partial charge is 0.271 e. The molecule has 0 spiro atoms. The van der Waals surface area contributed by atoms with Crippen LogP contribution in [0.1, 0.15) is 6.92 Å². The summed E-state index contributed by atoms with van der Waals surface area (Å²) in [4.78, 5) is 9.91. The number of nitrogens with two attached hydrogens (primary N) is 1. The first-order valence-electron chi connectivity index (χ1n) is 4.62. The number of nitro groups is 1. The lowest BCUT2D eigenvalue weighted by atomic mass is 10.1. The van der Waals surface area contributed by atoms with E-state index in [1.54, 1.807) is 0 Å². The van der Waals surface area contributed by atoms with E-state index in [0.29, 0.717) is 0 Å². The Labute approximate surface area is 103 Å². The molecule has 90 valence electrons. The lowest BCUT2D eigenvalue weighted by Crippen LogP contribution is -2.40. The maximum Gasteiger partial charge on any atom is 0.271 e. The van der Waals surface area contributed by atoms with Crippen LogP contribution in [0, 0.1) is 21.4 Å². The number of benzene rings is 1. The summed E-state index contributed by atoms with van der Waals surface area (Å²) in [6.45, 7) is 1.45. The van der Waals surface area contributed by atoms with E-state index in [1.165, 1.54) is 25.1 Å². The number of hydrogen-bond acceptors (Lipinski definition) is 5. The molecule has 0 aliphatic heterocycles. The van der Waals surface area contributed by atoms with Gasteiger partial charge in [-0.25, -0.2) is 0 Å². The van der Waals surface area contributed by atoms with Gasteiger partial charge in [0.15, 0.2) is 0 Å². The molecule has 0 aliphatic carbocycles. The van der Waals surface area contributed by atoms with Crippen LogP contribution in [0.3, 0.4) is 0 Å². The summed E-state index contributed by atoms with van der Waals surface area (Å²) in [7, 11) is 0. The molecule has 0 aliphatic rings. The summed E-state index contributed by atoms with van der Waals surface area (Å²) in [5, 5.41) is 19.3. The molecule has 0 fully saturated rings. The van der Waals surface area contributed by atoms with Crippen LogP contribution in [0.4, 0.5) is 5.69 Å². The van der Waals surface area contributed by atoms with Crippen molar-refractivity contribution in [2.24, 2.45) is 5.73 Å². The Balaban J connectivity index is 2.81. The molecular formula is C10H10ClN3O3. The Morgan fingerprint density at radius 3 is 2.82 bits per heavy atom. The number of nitrogens with zero attached hydrogens (tertiary/aromatic N) is 2. The molecule has 0 saturated carbocycles. The second-order valence-corrected chi connectivity index (χ2v) is 4.10. The second-order valence-electron chi connectivity index (χ2n) is 3.69. The van der Waals surface area contributed by atoms with Crippen molar-refractivity contribution in [3.8, 4) is 11.8 Å². The number of nitro benzene ring substituents is 1. The SMILES string of the molecule is CC(N)(C#N)COc1ccc([N+](=O)[O-])cc1Cl. The zero-order valence-electron chi connectivity index (χ0n) is 9.01. The number of ether oxygens (including phenoxy) is 1. The molecule has 1 aromatic carbocycles. The van der Waals surface area contributed by atoms with Crippen LogP contribution in [0.25, 0.3) is 0 Å². The van der Waals surface area contributed by atoms with Crippen molar-refractivity contribution in [2.75, 3.05) is 6.61 Å². The van der Waals surface area contributed by atoms with Crippen molar-refractivity contribution in [3.63, 3.8) is 0 Å². The zero-order chi connectivity index (χ0) is 13.1. The fraction of sp³-hybridized carbons (Fsp3) is 0.300. The minimum Gasteiger partial charge on any atom is -0.489 e. The molecule has 6 nitrogen and oxygen atoms in total. The van der Waals surface area contributed by atoms with Gasteiger partial charge in [0.05, 0.1) is 16.0 Å². The predicted octanol–water partition coefficient (Wildman–Crippen LogP) is 1.87. The van der Waals surface area contributed by atoms with Crippen molar-refractivity contribution in [1.82, 2.24) is 0 Å². The van der Waals surface area contributed by atoms with Gasteiger partial charge in [-0.3, -0.25) is 10.1 Å². The van der Waals surface area contributed by atoms with Gasteiger partial charge in [-0.15, -0.1) is 0 Å². The third-order valence-electron chi connectivity index (χ3n) is 1.91. The third-order valence-corrected chi connectivity index (χ3v) is 2.20. The highest BCUT2D eigenvalue weighted by atomic mass is 35.5. The van der Waals surface area contributed by atoms with Gasteiger partial charge in [0.1, 0.15) is 17.9 Å². The molecule has 7 heteroatoms. The van der Waals surface area contributed by atoms with Crippen LogP contribution in [-0.2, 0) is 0 Å². The molecule has 1 aromatic rings. The minimum absolute atomic E-state index is 0.0545. The monoisotopic (exact) mass is 255 g/mol. The summed E-state index contributed by atoms with van der Waals surface area (Å²) in [5.41, 5.74) is 4.29. The van der Waals surface area contributed by atoms with E-state index >= 15 is 0 Å². The summed E-state index contributed by atoms with van der Waals surface area (Å²) in [6, 6.07) is 5.67. The lowest BCUT2D eigenvalue weighted by molar-refractivity contribution is -0.384. The minimum atomic E-state index is -1.13. The molecule has 2 N–H and O–H groups in total. The number of nitriles is 1. The number of rotatable bonds is 4. The van der Waals surface area contributed by atoms with Gasteiger partial charge in [-0.2, -0.15) is 5.26 Å². The topological polar surface area (TPSA) is 102 Å². The predicted molar refractivity (Wildman–Crippen MR) is 61.8 cm³/mol. The highest BCUT2D eigenvalue weighted by Gasteiger charge is 2.19. The van der Waals surface area contributed by atoms with Crippen LogP contribution < -0.4 is 10.5 Å². The molecule has 0 bridgehead atoms. The highest BCUT2D eigenvalue weighted by molar-refractivity contribution is 6.32. The Bertz CT molecular complexity index is 482. The first-order chi connectivity index (χ1) is 7.85. The fourth-order valence-corrected chi connectivity index (χ4v) is 1.21. The van der Waals surface area contributed by atoms with E-state index in [2.05, 4.69) is 0 Å². The summed E-state index contributed by atoms with van der Waals surface area (Å²) < 4.78 is 5.23. The molecular weight excluding hydrogens is 246 g/mol. The highest BCUT2D eigenvalue weighted by Crippen LogP contribution is 2.28. The average molecular weight is 256 g/mol. The van der Waals surface area contributed by atoms with E-state index in [1.807, 2.05) is 6.07 Å². The van der Waals surface area contributed by atoms with E-state index in [9.17, 15) is 10.1 Å². The van der Waals surface area contributed by atoms with E-state index in [-0.39, 0.29) is 23.1 Å². The average Bonchev–Trinajstić information content (AvgIpc) is 2.27. The number of non-ortho nitro benzene ring substituents is 1. The second kappa shape index (κ2) is 4.99. The van der Waals surface area contributed by atoms with Crippen molar-refractivity contribution in [2.45, 2.75) is 12.5 Å². The molecule has 0 saturated heterocycles. The van der Waals surface area contributed by atoms with Gasteiger partial charge < -0.3 is 10.5 Å². The Hall–Kier alpha value is -1.84. The van der Waals surface area contributed by atoms with Gasteiger partial charge in [-0.05, 0) is 13.0 Å². The summed E-state index contributed by atoms with van der Waals surface area (Å²) in [5.74, 6) is 0.254. The molecule has 0 heterocycles.